The number of ether oxygens (including phenoxy) is 1. The van der Waals surface area contributed by atoms with E-state index in [4.69, 9.17) is 4.74 Å². The Morgan fingerprint density at radius 1 is 0.919 bits per heavy atom. The number of piperazine rings is 1. The largest absolute Gasteiger partial charge is 0.492 e. The van der Waals surface area contributed by atoms with Gasteiger partial charge in [0.1, 0.15) is 24.0 Å². The maximum Gasteiger partial charge on any atom is 0.211 e. The van der Waals surface area contributed by atoms with Crippen LogP contribution in [0.5, 0.6) is 5.75 Å². The maximum atomic E-state index is 14.1. The highest BCUT2D eigenvalue weighted by Gasteiger charge is 2.32. The quantitative estimate of drug-likeness (QED) is 0.470. The van der Waals surface area contributed by atoms with E-state index in [1.165, 1.54) is 22.7 Å². The Labute approximate surface area is 214 Å². The summed E-state index contributed by atoms with van der Waals surface area (Å²) in [5.41, 5.74) is 2.55. The number of aromatic nitrogens is 1. The van der Waals surface area contributed by atoms with Gasteiger partial charge in [-0.05, 0) is 47.5 Å². The fourth-order valence-corrected chi connectivity index (χ4v) is 5.59. The first kappa shape index (κ1) is 25.2. The molecular weight excluding hydrogens is 500 g/mol. The maximum absolute atomic E-state index is 14.1. The van der Waals surface area contributed by atoms with Gasteiger partial charge in [-0.2, -0.15) is 4.31 Å². The normalized spacial score (nSPS) is 16.8. The molecule has 0 spiro atoms. The van der Waals surface area contributed by atoms with E-state index in [0.717, 1.165) is 6.07 Å². The van der Waals surface area contributed by atoms with Gasteiger partial charge in [-0.15, -0.1) is 0 Å². The lowest BCUT2D eigenvalue weighted by atomic mass is 9.95. The molecule has 192 valence electrons. The molecule has 3 aromatic rings. The summed E-state index contributed by atoms with van der Waals surface area (Å²) >= 11 is 0. The molecule has 2 aliphatic rings. The first-order valence-corrected chi connectivity index (χ1v) is 13.7. The van der Waals surface area contributed by atoms with Gasteiger partial charge in [0.2, 0.25) is 10.0 Å². The van der Waals surface area contributed by atoms with Gasteiger partial charge < -0.3 is 4.74 Å². The molecule has 0 unspecified atom stereocenters. The number of sulfonamides is 1. The number of pyridine rings is 1. The van der Waals surface area contributed by atoms with E-state index in [9.17, 15) is 22.0 Å². The summed E-state index contributed by atoms with van der Waals surface area (Å²) in [4.78, 5) is 19.8. The topological polar surface area (TPSA) is 79.8 Å². The third-order valence-electron chi connectivity index (χ3n) is 6.56. The molecule has 7 nitrogen and oxygen atoms in total. The van der Waals surface area contributed by atoms with E-state index in [1.807, 2.05) is 0 Å². The molecule has 1 aliphatic heterocycles. The number of hydrogen-bond donors (Lipinski definition) is 0. The monoisotopic (exact) mass is 525 g/mol. The average molecular weight is 526 g/mol. The van der Waals surface area contributed by atoms with Gasteiger partial charge in [-0.25, -0.2) is 17.2 Å². The van der Waals surface area contributed by atoms with Gasteiger partial charge in [0.15, 0.2) is 5.78 Å². The lowest BCUT2D eigenvalue weighted by Gasteiger charge is -2.33. The molecule has 2 aromatic carbocycles. The highest BCUT2D eigenvalue weighted by atomic mass is 32.2. The number of carbonyl (C=O) groups is 1. The van der Waals surface area contributed by atoms with Crippen molar-refractivity contribution in [2.45, 2.75) is 0 Å². The number of halogens is 2. The van der Waals surface area contributed by atoms with Crippen molar-refractivity contribution < 1.29 is 26.7 Å². The molecule has 1 aromatic heterocycles. The predicted molar refractivity (Wildman–Crippen MR) is 136 cm³/mol. The first-order valence-electron chi connectivity index (χ1n) is 11.8. The molecule has 0 amide bonds. The number of benzene rings is 2. The van der Waals surface area contributed by atoms with Gasteiger partial charge >= 0.3 is 0 Å². The van der Waals surface area contributed by atoms with Crippen molar-refractivity contribution >= 4 is 27.0 Å². The highest BCUT2D eigenvalue weighted by molar-refractivity contribution is 7.88. The molecule has 2 heterocycles. The summed E-state index contributed by atoms with van der Waals surface area (Å²) in [6.45, 7) is 3.08. The van der Waals surface area contributed by atoms with Crippen LogP contribution in [0, 0.1) is 11.6 Å². The zero-order valence-electron chi connectivity index (χ0n) is 20.2. The molecule has 0 saturated carbocycles. The minimum atomic E-state index is -3.18. The van der Waals surface area contributed by atoms with E-state index in [-0.39, 0.29) is 11.3 Å². The van der Waals surface area contributed by atoms with E-state index < -0.39 is 21.7 Å². The molecule has 0 radical (unpaired) electrons. The van der Waals surface area contributed by atoms with E-state index in [1.54, 1.807) is 42.7 Å². The first-order chi connectivity index (χ1) is 17.7. The van der Waals surface area contributed by atoms with Crippen LogP contribution in [0.3, 0.4) is 0 Å². The minimum absolute atomic E-state index is 0.269. The zero-order chi connectivity index (χ0) is 26.2. The van der Waals surface area contributed by atoms with Crippen LogP contribution < -0.4 is 4.74 Å². The van der Waals surface area contributed by atoms with Gasteiger partial charge in [0, 0.05) is 73.5 Å². The molecule has 5 rings (SSSR count). The molecular formula is C27H25F2N3O4S. The lowest BCUT2D eigenvalue weighted by molar-refractivity contribution is 0.105. The van der Waals surface area contributed by atoms with Crippen molar-refractivity contribution in [1.82, 2.24) is 14.2 Å². The number of Topliss-reactive ketones (excluding diaryl/α,β-unsaturated/α-hetero) is 1. The van der Waals surface area contributed by atoms with Gasteiger partial charge in [0.25, 0.3) is 0 Å². The Bertz CT molecular complexity index is 1460. The molecule has 1 aliphatic carbocycles. The van der Waals surface area contributed by atoms with Crippen molar-refractivity contribution in [2.24, 2.45) is 0 Å². The van der Waals surface area contributed by atoms with Crippen LogP contribution in [-0.4, -0.2) is 74.0 Å². The Morgan fingerprint density at radius 2 is 1.65 bits per heavy atom. The Balaban J connectivity index is 1.36. The van der Waals surface area contributed by atoms with Gasteiger partial charge in [-0.3, -0.25) is 14.7 Å². The minimum Gasteiger partial charge on any atom is -0.492 e. The van der Waals surface area contributed by atoms with E-state index in [0.29, 0.717) is 72.9 Å². The zero-order valence-corrected chi connectivity index (χ0v) is 21.0. The van der Waals surface area contributed by atoms with Crippen molar-refractivity contribution in [1.29, 1.82) is 0 Å². The number of hydrogen-bond acceptors (Lipinski definition) is 6. The Hall–Kier alpha value is -3.47. The summed E-state index contributed by atoms with van der Waals surface area (Å²) in [5, 5.41) is 0. The second-order valence-electron chi connectivity index (χ2n) is 9.04. The summed E-state index contributed by atoms with van der Waals surface area (Å²) in [7, 11) is -3.18. The van der Waals surface area contributed by atoms with Crippen molar-refractivity contribution in [3.8, 4) is 5.75 Å². The second-order valence-corrected chi connectivity index (χ2v) is 11.0. The second kappa shape index (κ2) is 10.1. The van der Waals surface area contributed by atoms with Crippen molar-refractivity contribution in [3.63, 3.8) is 0 Å². The number of ketones is 1. The Kier molecular flexibility index (Phi) is 6.89. The average Bonchev–Trinajstić information content (AvgIpc) is 3.15. The summed E-state index contributed by atoms with van der Waals surface area (Å²) in [6.07, 6.45) is 4.35. The van der Waals surface area contributed by atoms with Gasteiger partial charge in [0.05, 0.1) is 6.26 Å². The van der Waals surface area contributed by atoms with Crippen molar-refractivity contribution in [3.05, 3.63) is 94.8 Å². The van der Waals surface area contributed by atoms with Crippen LogP contribution in [0.2, 0.25) is 0 Å². The third-order valence-corrected chi connectivity index (χ3v) is 7.86. The predicted octanol–water partition coefficient (Wildman–Crippen LogP) is 3.47. The Morgan fingerprint density at radius 3 is 2.30 bits per heavy atom. The summed E-state index contributed by atoms with van der Waals surface area (Å²) < 4.78 is 59.0. The number of rotatable bonds is 7. The molecule has 10 heteroatoms. The number of nitrogens with zero attached hydrogens (tertiary/aromatic N) is 3. The molecule has 1 saturated heterocycles. The number of carbonyl (C=O) groups excluding carboxylic acids is 1. The van der Waals surface area contributed by atoms with Crippen LogP contribution in [0.15, 0.2) is 60.9 Å². The molecule has 0 N–H and O–H groups in total. The molecule has 1 fully saturated rings. The smallest absolute Gasteiger partial charge is 0.211 e. The van der Waals surface area contributed by atoms with E-state index in [2.05, 4.69) is 9.88 Å². The van der Waals surface area contributed by atoms with Crippen LogP contribution in [0.25, 0.3) is 11.1 Å². The number of fused-ring (bicyclic) bond motifs is 1. The van der Waals surface area contributed by atoms with E-state index >= 15 is 0 Å². The lowest BCUT2D eigenvalue weighted by Crippen LogP contribution is -2.49. The number of allylic oxidation sites excluding steroid dienone is 1. The fourth-order valence-electron chi connectivity index (χ4n) is 4.76. The van der Waals surface area contributed by atoms with Crippen LogP contribution in [0.4, 0.5) is 8.78 Å². The summed E-state index contributed by atoms with van der Waals surface area (Å²) in [6, 6.07) is 11.8. The van der Waals surface area contributed by atoms with Crippen LogP contribution >= 0.6 is 0 Å². The van der Waals surface area contributed by atoms with Crippen LogP contribution in [-0.2, 0) is 10.0 Å². The highest BCUT2D eigenvalue weighted by Crippen LogP contribution is 2.43. The van der Waals surface area contributed by atoms with Gasteiger partial charge in [-0.1, -0.05) is 6.07 Å². The standard InChI is InChI=1S/C27H25F2N3O4S/c1-37(34,35)32-9-7-31(8-10-32)11-12-36-22-4-5-23-24(16-22)27(33)26(18-3-2-6-30-17-18)25(23)19-13-20(28)15-21(29)14-19/h2-6,13-17H,7-12H2,1H3. The fraction of sp³-hybridized carbons (Fsp3) is 0.259. The summed E-state index contributed by atoms with van der Waals surface area (Å²) in [5.74, 6) is -1.23. The third kappa shape index (κ3) is 5.31. The van der Waals surface area contributed by atoms with Crippen molar-refractivity contribution in [2.75, 3.05) is 45.6 Å². The van der Waals surface area contributed by atoms with Crippen LogP contribution in [0.1, 0.15) is 27.0 Å². The SMILES string of the molecule is CS(=O)(=O)N1CCN(CCOc2ccc3c(c2)C(=O)C(c2cccnc2)=C3c2cc(F)cc(F)c2)CC1. The molecule has 0 bridgehead atoms. The molecule has 37 heavy (non-hydrogen) atoms. The molecule has 0 atom stereocenters.